The van der Waals surface area contributed by atoms with Gasteiger partial charge in [-0.3, -0.25) is 0 Å². The molecule has 0 aromatic carbocycles. The molecule has 0 N–H and O–H groups in total. The Kier molecular flexibility index (Phi) is 25.9. The fourth-order valence-corrected chi connectivity index (χ4v) is 5.42. The third kappa shape index (κ3) is 20.7. The van der Waals surface area contributed by atoms with Gasteiger partial charge in [0.2, 0.25) is 0 Å². The van der Waals surface area contributed by atoms with E-state index in [-0.39, 0.29) is 10.8 Å². The summed E-state index contributed by atoms with van der Waals surface area (Å²) in [5.74, 6) is 3.19. The molecule has 0 bridgehead atoms. The van der Waals surface area contributed by atoms with Crippen LogP contribution in [0.3, 0.4) is 0 Å². The second-order valence-corrected chi connectivity index (χ2v) is 13.4. The molecule has 0 saturated heterocycles. The summed E-state index contributed by atoms with van der Waals surface area (Å²) in [6.45, 7) is 21.8. The van der Waals surface area contributed by atoms with Crippen LogP contribution in [0.2, 0.25) is 0 Å². The first kappa shape index (κ1) is 40.0. The van der Waals surface area contributed by atoms with Gasteiger partial charge in [0.15, 0.2) is 0 Å². The summed E-state index contributed by atoms with van der Waals surface area (Å²) >= 11 is 0. The predicted molar refractivity (Wildman–Crippen MR) is 167 cm³/mol. The van der Waals surface area contributed by atoms with Gasteiger partial charge in [-0.25, -0.2) is 0 Å². The fourth-order valence-electron chi connectivity index (χ4n) is 5.42. The van der Waals surface area contributed by atoms with E-state index < -0.39 is 0 Å². The van der Waals surface area contributed by atoms with Gasteiger partial charge in [0, 0.05) is 39.3 Å². The first-order chi connectivity index (χ1) is 18.0. The molecule has 0 spiro atoms. The Morgan fingerprint density at radius 2 is 0.737 bits per heavy atom. The van der Waals surface area contributed by atoms with Crippen LogP contribution >= 0.6 is 0 Å². The number of hydrogen-bond donors (Lipinski definition) is 0. The highest BCUT2D eigenvalue weighted by atomic mass is 16.5. The van der Waals surface area contributed by atoms with E-state index in [0.29, 0.717) is 0 Å². The molecule has 0 amide bonds. The summed E-state index contributed by atoms with van der Waals surface area (Å²) < 4.78 is 22.0. The van der Waals surface area contributed by atoms with Crippen molar-refractivity contribution >= 4 is 0 Å². The Morgan fingerprint density at radius 1 is 0.447 bits per heavy atom. The summed E-state index contributed by atoms with van der Waals surface area (Å²) in [7, 11) is 7.26. The molecule has 0 saturated carbocycles. The van der Waals surface area contributed by atoms with Gasteiger partial charge in [0.25, 0.3) is 0 Å². The van der Waals surface area contributed by atoms with Crippen molar-refractivity contribution in [1.82, 2.24) is 0 Å². The maximum atomic E-state index is 5.51. The molecule has 0 aromatic heterocycles. The van der Waals surface area contributed by atoms with Gasteiger partial charge < -0.3 is 18.9 Å². The van der Waals surface area contributed by atoms with Gasteiger partial charge in [0.1, 0.15) is 0 Å². The molecule has 0 radical (unpaired) electrons. The van der Waals surface area contributed by atoms with Crippen LogP contribution in [0, 0.1) is 34.5 Å². The quantitative estimate of drug-likeness (QED) is 0.121. The van der Waals surface area contributed by atoms with Crippen LogP contribution in [-0.4, -0.2) is 54.9 Å². The zero-order valence-corrected chi connectivity index (χ0v) is 28.3. The third-order valence-corrected chi connectivity index (χ3v) is 8.51. The van der Waals surface area contributed by atoms with Crippen LogP contribution < -0.4 is 0 Å². The Morgan fingerprint density at radius 3 is 0.974 bits per heavy atom. The molecule has 0 aliphatic carbocycles. The first-order valence-electron chi connectivity index (χ1n) is 15.9. The molecule has 4 nitrogen and oxygen atoms in total. The van der Waals surface area contributed by atoms with E-state index in [4.69, 9.17) is 18.9 Å². The molecule has 2 atom stereocenters. The van der Waals surface area contributed by atoms with Crippen molar-refractivity contribution in [2.45, 2.75) is 132 Å². The monoisotopic (exact) mass is 545 g/mol. The van der Waals surface area contributed by atoms with Gasteiger partial charge in [-0.15, -0.1) is 0 Å². The maximum Gasteiger partial charge on any atom is 0.0540 e. The normalized spacial score (nSPS) is 14.1. The van der Waals surface area contributed by atoms with Gasteiger partial charge >= 0.3 is 0 Å². The fraction of sp³-hybridized carbons (Fsp3) is 1.00. The summed E-state index contributed by atoms with van der Waals surface area (Å²) in [5.41, 5.74) is 0.448. The lowest BCUT2D eigenvalue weighted by atomic mass is 9.76. The largest absolute Gasteiger partial charge is 0.384 e. The first-order valence-corrected chi connectivity index (χ1v) is 15.9. The number of rotatable bonds is 24. The summed E-state index contributed by atoms with van der Waals surface area (Å²) in [6, 6.07) is 0. The predicted octanol–water partition coefficient (Wildman–Crippen LogP) is 9.84. The summed E-state index contributed by atoms with van der Waals surface area (Å²) in [4.78, 5) is 0. The molecule has 4 heteroatoms. The smallest absolute Gasteiger partial charge is 0.0540 e. The van der Waals surface area contributed by atoms with Crippen molar-refractivity contribution in [1.29, 1.82) is 0 Å². The number of methoxy groups -OCH3 is 4. The minimum absolute atomic E-state index is 0.219. The molecule has 38 heavy (non-hydrogen) atoms. The van der Waals surface area contributed by atoms with E-state index in [2.05, 4.69) is 55.4 Å². The Hall–Kier alpha value is -0.160. The van der Waals surface area contributed by atoms with E-state index in [1.165, 1.54) is 77.0 Å². The highest BCUT2D eigenvalue weighted by Gasteiger charge is 2.31. The van der Waals surface area contributed by atoms with Crippen LogP contribution in [0.5, 0.6) is 0 Å². The lowest BCUT2D eigenvalue weighted by molar-refractivity contribution is -0.00831. The zero-order chi connectivity index (χ0) is 29.5. The van der Waals surface area contributed by atoms with Gasteiger partial charge in [0.05, 0.1) is 26.4 Å². The van der Waals surface area contributed by atoms with Crippen molar-refractivity contribution < 1.29 is 18.9 Å². The molecule has 0 aliphatic heterocycles. The molecule has 0 aromatic rings. The van der Waals surface area contributed by atoms with Gasteiger partial charge in [-0.1, -0.05) is 107 Å². The molecule has 0 fully saturated rings. The second-order valence-electron chi connectivity index (χ2n) is 13.4. The lowest BCUT2D eigenvalue weighted by Crippen LogP contribution is -2.33. The highest BCUT2D eigenvalue weighted by molar-refractivity contribution is 4.81. The SMILES string of the molecule is CCC(C)CCC(CCC(C)CC)(COC)COC.COCC(CCCC(C)C)(CCCC(C)C)COC. The van der Waals surface area contributed by atoms with Crippen LogP contribution in [0.15, 0.2) is 0 Å². The van der Waals surface area contributed by atoms with E-state index in [1.807, 2.05) is 28.4 Å². The maximum absolute atomic E-state index is 5.51. The molecule has 2 unspecified atom stereocenters. The van der Waals surface area contributed by atoms with Crippen LogP contribution in [0.1, 0.15) is 132 Å². The summed E-state index contributed by atoms with van der Waals surface area (Å²) in [6.07, 6.45) is 15.2. The zero-order valence-electron chi connectivity index (χ0n) is 28.3. The molecule has 0 aliphatic rings. The average molecular weight is 545 g/mol. The van der Waals surface area contributed by atoms with Crippen LogP contribution in [0.4, 0.5) is 0 Å². The minimum atomic E-state index is 0.219. The van der Waals surface area contributed by atoms with Crippen LogP contribution in [0.25, 0.3) is 0 Å². The van der Waals surface area contributed by atoms with Crippen molar-refractivity contribution in [2.24, 2.45) is 34.5 Å². The molecule has 0 rings (SSSR count). The van der Waals surface area contributed by atoms with E-state index in [1.54, 1.807) is 0 Å². The Balaban J connectivity index is 0. The van der Waals surface area contributed by atoms with Crippen LogP contribution in [-0.2, 0) is 18.9 Å². The van der Waals surface area contributed by atoms with E-state index in [9.17, 15) is 0 Å². The Bertz CT molecular complexity index is 447. The molecule has 0 heterocycles. The van der Waals surface area contributed by atoms with Crippen molar-refractivity contribution in [3.8, 4) is 0 Å². The lowest BCUT2D eigenvalue weighted by Gasteiger charge is -2.34. The number of hydrogen-bond acceptors (Lipinski definition) is 4. The van der Waals surface area contributed by atoms with Crippen molar-refractivity contribution in [2.75, 3.05) is 54.9 Å². The van der Waals surface area contributed by atoms with E-state index in [0.717, 1.165) is 50.1 Å². The van der Waals surface area contributed by atoms with E-state index >= 15 is 0 Å². The summed E-state index contributed by atoms with van der Waals surface area (Å²) in [5, 5.41) is 0. The highest BCUT2D eigenvalue weighted by Crippen LogP contribution is 2.35. The minimum Gasteiger partial charge on any atom is -0.384 e. The standard InChI is InChI=1S/2C17H36O2/c1-15(2)9-7-11-17(13-18-5,14-19-6)12-8-10-16(3)4;1-7-15(3)9-11-17(13-18-5,14-19-6)12-10-16(4)8-2/h2*15-16H,7-14H2,1-6H3. The third-order valence-electron chi connectivity index (χ3n) is 8.51. The number of ether oxygens (including phenoxy) is 4. The molecule has 232 valence electrons. The Labute approximate surface area is 240 Å². The van der Waals surface area contributed by atoms with Crippen molar-refractivity contribution in [3.63, 3.8) is 0 Å². The van der Waals surface area contributed by atoms with Gasteiger partial charge in [-0.2, -0.15) is 0 Å². The molecular weight excluding hydrogens is 472 g/mol. The average Bonchev–Trinajstić information content (AvgIpc) is 2.86. The van der Waals surface area contributed by atoms with Crippen molar-refractivity contribution in [3.05, 3.63) is 0 Å². The second kappa shape index (κ2) is 24.6. The topological polar surface area (TPSA) is 36.9 Å². The molecular formula is C34H72O4. The van der Waals surface area contributed by atoms with Gasteiger partial charge in [-0.05, 0) is 49.4 Å².